The Hall–Kier alpha value is -0.560. The van der Waals surface area contributed by atoms with Crippen LogP contribution in [0.4, 0.5) is 0 Å². The topological polar surface area (TPSA) is 76.7 Å². The van der Waals surface area contributed by atoms with Crippen LogP contribution in [0.25, 0.3) is 0 Å². The summed E-state index contributed by atoms with van der Waals surface area (Å²) in [6.45, 7) is 6.70. The highest BCUT2D eigenvalue weighted by atomic mass is 35.5. The van der Waals surface area contributed by atoms with Crippen LogP contribution in [-0.2, 0) is 19.1 Å². The van der Waals surface area contributed by atoms with Gasteiger partial charge in [-0.1, -0.05) is 39.5 Å². The molecule has 2 atom stereocenters. The number of carbonyl (C=O) groups excluding carboxylic acids is 2. The fourth-order valence-corrected chi connectivity index (χ4v) is 4.12. The molecule has 0 spiro atoms. The van der Waals surface area contributed by atoms with Crippen molar-refractivity contribution in [3.05, 3.63) is 0 Å². The van der Waals surface area contributed by atoms with Gasteiger partial charge in [-0.15, -0.1) is 24.8 Å². The smallest absolute Gasteiger partial charge is 0.308 e. The van der Waals surface area contributed by atoms with Crippen LogP contribution >= 0.6 is 24.8 Å². The number of carbonyl (C=O) groups is 2. The van der Waals surface area contributed by atoms with Crippen LogP contribution in [0.1, 0.15) is 78.1 Å². The maximum Gasteiger partial charge on any atom is 0.308 e. The standard InChI is InChI=1S/C22H40N2O4.2ClH/c1-3-19(15-27-21(25)17-9-5-6-10-17)23-13-14-24-20(4-2)16-28-22(26)18-11-7-8-12-18;;/h17-20,23-24H,3-16H2,1-2H3;2*1H/t19-,20-;;/m0../s1. The third kappa shape index (κ3) is 10.7. The van der Waals surface area contributed by atoms with Crippen molar-refractivity contribution < 1.29 is 19.1 Å². The zero-order valence-electron chi connectivity index (χ0n) is 18.7. The molecule has 0 bridgehead atoms. The Labute approximate surface area is 194 Å². The summed E-state index contributed by atoms with van der Waals surface area (Å²) in [5, 5.41) is 6.91. The van der Waals surface area contributed by atoms with E-state index < -0.39 is 0 Å². The number of hydrogen-bond donors (Lipinski definition) is 2. The second-order valence-electron chi connectivity index (χ2n) is 8.34. The molecule has 2 aliphatic carbocycles. The van der Waals surface area contributed by atoms with Crippen molar-refractivity contribution >= 4 is 36.8 Å². The highest BCUT2D eigenvalue weighted by Gasteiger charge is 2.25. The maximum absolute atomic E-state index is 12.0. The summed E-state index contributed by atoms with van der Waals surface area (Å²) in [7, 11) is 0. The summed E-state index contributed by atoms with van der Waals surface area (Å²) in [6.07, 6.45) is 10.4. The van der Waals surface area contributed by atoms with Crippen LogP contribution in [0.15, 0.2) is 0 Å². The number of ether oxygens (including phenoxy) is 2. The minimum Gasteiger partial charge on any atom is -0.464 e. The van der Waals surface area contributed by atoms with Gasteiger partial charge in [0.2, 0.25) is 0 Å². The fourth-order valence-electron chi connectivity index (χ4n) is 4.12. The van der Waals surface area contributed by atoms with Gasteiger partial charge in [-0.05, 0) is 38.5 Å². The molecule has 0 aliphatic heterocycles. The second kappa shape index (κ2) is 17.0. The van der Waals surface area contributed by atoms with E-state index in [2.05, 4.69) is 24.5 Å². The van der Waals surface area contributed by atoms with E-state index in [1.165, 1.54) is 0 Å². The van der Waals surface area contributed by atoms with E-state index in [4.69, 9.17) is 9.47 Å². The number of rotatable bonds is 13. The van der Waals surface area contributed by atoms with E-state index in [1.54, 1.807) is 0 Å². The van der Waals surface area contributed by atoms with Gasteiger partial charge in [-0.2, -0.15) is 0 Å². The third-order valence-corrected chi connectivity index (χ3v) is 6.21. The third-order valence-electron chi connectivity index (χ3n) is 6.21. The highest BCUT2D eigenvalue weighted by molar-refractivity contribution is 5.85. The van der Waals surface area contributed by atoms with Crippen LogP contribution < -0.4 is 10.6 Å². The van der Waals surface area contributed by atoms with E-state index in [0.717, 1.165) is 77.3 Å². The molecule has 8 heteroatoms. The summed E-state index contributed by atoms with van der Waals surface area (Å²) in [5.74, 6) is 0.199. The average molecular weight is 469 g/mol. The minimum atomic E-state index is -0.0222. The van der Waals surface area contributed by atoms with Gasteiger partial charge in [0.05, 0.1) is 11.8 Å². The van der Waals surface area contributed by atoms with Crippen molar-refractivity contribution in [2.24, 2.45) is 11.8 Å². The lowest BCUT2D eigenvalue weighted by atomic mass is 10.1. The molecule has 2 N–H and O–H groups in total. The number of nitrogens with one attached hydrogen (secondary N) is 2. The molecule has 0 saturated heterocycles. The molecule has 2 rings (SSSR count). The largest absolute Gasteiger partial charge is 0.464 e. The summed E-state index contributed by atoms with van der Waals surface area (Å²) in [6, 6.07) is 0.375. The molecule has 0 aromatic heterocycles. The zero-order chi connectivity index (χ0) is 20.2. The minimum absolute atomic E-state index is 0. The first kappa shape index (κ1) is 29.4. The van der Waals surface area contributed by atoms with Crippen molar-refractivity contribution in [3.63, 3.8) is 0 Å². The van der Waals surface area contributed by atoms with Gasteiger partial charge in [0.1, 0.15) is 13.2 Å². The molecule has 0 aromatic carbocycles. The van der Waals surface area contributed by atoms with E-state index in [9.17, 15) is 9.59 Å². The second-order valence-corrected chi connectivity index (χ2v) is 8.34. The number of halogens is 2. The Morgan fingerprint density at radius 1 is 0.733 bits per heavy atom. The van der Waals surface area contributed by atoms with Crippen molar-refractivity contribution in [2.45, 2.75) is 90.1 Å². The first-order chi connectivity index (χ1) is 13.6. The summed E-state index contributed by atoms with van der Waals surface area (Å²) in [5.41, 5.74) is 0. The van der Waals surface area contributed by atoms with Gasteiger partial charge in [0.25, 0.3) is 0 Å². The average Bonchev–Trinajstić information content (AvgIpc) is 3.43. The molecule has 0 radical (unpaired) electrons. The van der Waals surface area contributed by atoms with E-state index >= 15 is 0 Å². The quantitative estimate of drug-likeness (QED) is 0.313. The predicted octanol–water partition coefficient (Wildman–Crippen LogP) is 4.03. The molecule has 0 amide bonds. The van der Waals surface area contributed by atoms with E-state index in [1.807, 2.05) is 0 Å². The van der Waals surface area contributed by atoms with Gasteiger partial charge in [0, 0.05) is 25.2 Å². The molecule has 6 nitrogen and oxygen atoms in total. The lowest BCUT2D eigenvalue weighted by Gasteiger charge is -2.21. The molecule has 0 unspecified atom stereocenters. The van der Waals surface area contributed by atoms with Crippen molar-refractivity contribution in [1.82, 2.24) is 10.6 Å². The molecule has 2 fully saturated rings. The lowest BCUT2D eigenvalue weighted by molar-refractivity contribution is -0.150. The molecule has 2 saturated carbocycles. The Kier molecular flexibility index (Phi) is 16.7. The predicted molar refractivity (Wildman–Crippen MR) is 124 cm³/mol. The van der Waals surface area contributed by atoms with E-state index in [-0.39, 0.29) is 60.7 Å². The summed E-state index contributed by atoms with van der Waals surface area (Å²) < 4.78 is 11.0. The Balaban J connectivity index is 0.00000420. The zero-order valence-corrected chi connectivity index (χ0v) is 20.3. The maximum atomic E-state index is 12.0. The highest BCUT2D eigenvalue weighted by Crippen LogP contribution is 2.26. The van der Waals surface area contributed by atoms with Crippen LogP contribution in [0.3, 0.4) is 0 Å². The van der Waals surface area contributed by atoms with Crippen LogP contribution in [-0.4, -0.2) is 50.3 Å². The van der Waals surface area contributed by atoms with Crippen molar-refractivity contribution in [1.29, 1.82) is 0 Å². The van der Waals surface area contributed by atoms with Gasteiger partial charge in [-0.3, -0.25) is 9.59 Å². The first-order valence-electron chi connectivity index (χ1n) is 11.4. The monoisotopic (exact) mass is 468 g/mol. The van der Waals surface area contributed by atoms with Crippen LogP contribution in [0.5, 0.6) is 0 Å². The Morgan fingerprint density at radius 2 is 1.07 bits per heavy atom. The summed E-state index contributed by atoms with van der Waals surface area (Å²) >= 11 is 0. The van der Waals surface area contributed by atoms with Gasteiger partial charge in [0.15, 0.2) is 0 Å². The van der Waals surface area contributed by atoms with E-state index in [0.29, 0.717) is 13.2 Å². The molecular formula is C22H42Cl2N2O4. The normalized spacial score (nSPS) is 18.9. The Bertz CT molecular complexity index is 428. The Morgan fingerprint density at radius 3 is 1.37 bits per heavy atom. The molecule has 0 aromatic rings. The molecule has 2 aliphatic rings. The van der Waals surface area contributed by atoms with Crippen molar-refractivity contribution in [3.8, 4) is 0 Å². The van der Waals surface area contributed by atoms with Gasteiger partial charge < -0.3 is 20.1 Å². The number of hydrogen-bond acceptors (Lipinski definition) is 6. The SMILES string of the molecule is CC[C@@H](COC(=O)C1CCCC1)NCCN[C@@H](CC)COC(=O)C1CCCC1.Cl.Cl. The molecule has 30 heavy (non-hydrogen) atoms. The first-order valence-corrected chi connectivity index (χ1v) is 11.4. The van der Waals surface area contributed by atoms with Crippen molar-refractivity contribution in [2.75, 3.05) is 26.3 Å². The molecule has 0 heterocycles. The van der Waals surface area contributed by atoms with Gasteiger partial charge in [-0.25, -0.2) is 0 Å². The van der Waals surface area contributed by atoms with Crippen LogP contribution in [0, 0.1) is 11.8 Å². The molecular weight excluding hydrogens is 427 g/mol. The number of esters is 2. The fraction of sp³-hybridized carbons (Fsp3) is 0.909. The summed E-state index contributed by atoms with van der Waals surface area (Å²) in [4.78, 5) is 24.1. The van der Waals surface area contributed by atoms with Gasteiger partial charge >= 0.3 is 11.9 Å². The molecule has 178 valence electrons. The lowest BCUT2D eigenvalue weighted by Crippen LogP contribution is -2.42. The van der Waals surface area contributed by atoms with Crippen LogP contribution in [0.2, 0.25) is 0 Å².